The number of hydrogen-bond donors (Lipinski definition) is 0. The first-order chi connectivity index (χ1) is 24.3. The molecule has 0 aliphatic carbocycles. The molecule has 0 atom stereocenters. The number of rotatable bonds is 10. The van der Waals surface area contributed by atoms with Crippen molar-refractivity contribution in [2.24, 2.45) is 0 Å². The molecule has 0 radical (unpaired) electrons. The van der Waals surface area contributed by atoms with E-state index in [0.29, 0.717) is 45.0 Å². The molecule has 0 aliphatic heterocycles. The number of ether oxygens (including phenoxy) is 5. The summed E-state index contributed by atoms with van der Waals surface area (Å²) >= 11 is 6.45. The number of esters is 1. The molecule has 7 nitrogen and oxygen atoms in total. The van der Waals surface area contributed by atoms with Crippen molar-refractivity contribution in [1.29, 1.82) is 0 Å². The van der Waals surface area contributed by atoms with Crippen LogP contribution in [-0.4, -0.2) is 52.7 Å². The minimum absolute atomic E-state index is 0.0259. The molecule has 258 valence electrons. The second kappa shape index (κ2) is 16.5. The van der Waals surface area contributed by atoms with Crippen molar-refractivity contribution in [2.45, 2.75) is 6.92 Å². The van der Waals surface area contributed by atoms with Gasteiger partial charge in [0.2, 0.25) is 0 Å². The Balaban J connectivity index is 0.000000210. The summed E-state index contributed by atoms with van der Waals surface area (Å²) in [5.74, 6) is 1.48. The van der Waals surface area contributed by atoms with E-state index < -0.39 is 13.2 Å². The molecule has 50 heavy (non-hydrogen) atoms. The van der Waals surface area contributed by atoms with E-state index in [9.17, 15) is 4.79 Å². The molecule has 0 saturated heterocycles. The van der Waals surface area contributed by atoms with Gasteiger partial charge in [-0.15, -0.1) is 0 Å². The standard InChI is InChI=1S/C22H22ClNO6.C19H19P/c1-6-30-22(25)20-19(12-7-8-15(26-2)16(9-12)27-3)13-10-17(28-4)18(29-5)11-14(13)24-21(20)23;1-20(17-11-5-2-6-12-17,18-13-7-3-8-14-18)19-15-9-4-10-16-19/h7-11H,6H2,1-5H3;2-16,20H,1H3. The van der Waals surface area contributed by atoms with Crippen molar-refractivity contribution >= 4 is 51.6 Å². The fourth-order valence-corrected chi connectivity index (χ4v) is 9.90. The fraction of sp³-hybridized carbons (Fsp3) is 0.171. The van der Waals surface area contributed by atoms with Gasteiger partial charge in [-0.05, 0) is 30.7 Å². The van der Waals surface area contributed by atoms with Crippen LogP contribution in [0.1, 0.15) is 17.3 Å². The summed E-state index contributed by atoms with van der Waals surface area (Å²) in [6, 6.07) is 41.6. The number of halogens is 1. The van der Waals surface area contributed by atoms with E-state index in [1.54, 1.807) is 45.4 Å². The molecular formula is C41H41ClNO6P. The number of carbonyl (C=O) groups is 1. The van der Waals surface area contributed by atoms with E-state index in [4.69, 9.17) is 35.3 Å². The van der Waals surface area contributed by atoms with Gasteiger partial charge in [0.15, 0.2) is 23.0 Å². The molecule has 6 rings (SSSR count). The molecule has 0 unspecified atom stereocenters. The summed E-state index contributed by atoms with van der Waals surface area (Å²) in [5.41, 5.74) is 1.92. The normalized spacial score (nSPS) is 11.2. The van der Waals surface area contributed by atoms with Gasteiger partial charge in [-0.3, -0.25) is 0 Å². The first kappa shape index (κ1) is 36.2. The molecule has 9 heteroatoms. The molecule has 0 bridgehead atoms. The van der Waals surface area contributed by atoms with Gasteiger partial charge in [0.05, 0.1) is 40.6 Å². The molecule has 0 fully saturated rings. The van der Waals surface area contributed by atoms with Crippen LogP contribution < -0.4 is 34.9 Å². The third-order valence-corrected chi connectivity index (χ3v) is 13.4. The van der Waals surface area contributed by atoms with Gasteiger partial charge >= 0.3 is 127 Å². The summed E-state index contributed by atoms with van der Waals surface area (Å²) < 4.78 is 26.8. The third-order valence-electron chi connectivity index (χ3n) is 8.65. The number of carbonyl (C=O) groups excluding carboxylic acids is 1. The van der Waals surface area contributed by atoms with Crippen molar-refractivity contribution in [3.05, 3.63) is 132 Å². The zero-order valence-electron chi connectivity index (χ0n) is 29.0. The Hall–Kier alpha value is -5.10. The molecule has 0 amide bonds. The van der Waals surface area contributed by atoms with Crippen LogP contribution in [0.15, 0.2) is 121 Å². The van der Waals surface area contributed by atoms with E-state index in [-0.39, 0.29) is 17.3 Å². The third kappa shape index (κ3) is 7.40. The van der Waals surface area contributed by atoms with E-state index in [1.807, 2.05) is 6.07 Å². The average Bonchev–Trinajstić information content (AvgIpc) is 3.17. The van der Waals surface area contributed by atoms with E-state index >= 15 is 0 Å². The zero-order valence-corrected chi connectivity index (χ0v) is 30.8. The van der Waals surface area contributed by atoms with Crippen molar-refractivity contribution < 1.29 is 28.5 Å². The van der Waals surface area contributed by atoms with Crippen LogP contribution >= 0.6 is 18.9 Å². The van der Waals surface area contributed by atoms with Crippen LogP contribution in [0.4, 0.5) is 0 Å². The van der Waals surface area contributed by atoms with Gasteiger partial charge in [0, 0.05) is 17.0 Å². The van der Waals surface area contributed by atoms with E-state index in [0.717, 1.165) is 0 Å². The second-order valence-electron chi connectivity index (χ2n) is 11.4. The van der Waals surface area contributed by atoms with Gasteiger partial charge in [-0.1, -0.05) is 17.7 Å². The Morgan fingerprint density at radius 3 is 1.56 bits per heavy atom. The number of aromatic nitrogens is 1. The maximum absolute atomic E-state index is 12.8. The number of fused-ring (bicyclic) bond motifs is 1. The molecule has 1 heterocycles. The van der Waals surface area contributed by atoms with Crippen LogP contribution in [0.25, 0.3) is 22.0 Å². The van der Waals surface area contributed by atoms with Crippen molar-refractivity contribution in [3.63, 3.8) is 0 Å². The number of benzene rings is 5. The van der Waals surface area contributed by atoms with Gasteiger partial charge in [0.1, 0.15) is 10.7 Å². The van der Waals surface area contributed by atoms with Crippen LogP contribution in [0.5, 0.6) is 23.0 Å². The van der Waals surface area contributed by atoms with E-state index in [2.05, 4.69) is 103 Å². The topological polar surface area (TPSA) is 76.1 Å². The molecule has 0 saturated carbocycles. The van der Waals surface area contributed by atoms with Crippen molar-refractivity contribution in [3.8, 4) is 34.1 Å². The minimum atomic E-state index is -1.88. The van der Waals surface area contributed by atoms with E-state index in [1.165, 1.54) is 30.1 Å². The van der Waals surface area contributed by atoms with Gasteiger partial charge in [-0.25, -0.2) is 9.78 Å². The van der Waals surface area contributed by atoms with Crippen LogP contribution in [0, 0.1) is 0 Å². The molecule has 6 aromatic rings. The Morgan fingerprint density at radius 1 is 0.640 bits per heavy atom. The molecule has 5 aromatic carbocycles. The summed E-state index contributed by atoms with van der Waals surface area (Å²) in [6.07, 6.45) is 0. The van der Waals surface area contributed by atoms with Gasteiger partial charge in [0.25, 0.3) is 0 Å². The van der Waals surface area contributed by atoms with Crippen LogP contribution in [-0.2, 0) is 4.74 Å². The number of nitrogens with zero attached hydrogens (tertiary/aromatic N) is 1. The summed E-state index contributed by atoms with van der Waals surface area (Å²) in [4.78, 5) is 17.2. The predicted octanol–water partition coefficient (Wildman–Crippen LogP) is 8.11. The average molecular weight is 710 g/mol. The molecule has 0 spiro atoms. The Bertz CT molecular complexity index is 1960. The van der Waals surface area contributed by atoms with Crippen LogP contribution in [0.3, 0.4) is 0 Å². The van der Waals surface area contributed by atoms with Crippen LogP contribution in [0.2, 0.25) is 5.15 Å². The SMILES string of the molecule is CCOC(=O)c1c(Cl)nc2cc(OC)c(OC)cc2c1-c1ccc(OC)c(OC)c1.C[PH](c1ccccc1)(c1ccccc1)c1ccccc1. The Morgan fingerprint density at radius 2 is 1.10 bits per heavy atom. The number of hydrogen-bond acceptors (Lipinski definition) is 7. The van der Waals surface area contributed by atoms with Crippen molar-refractivity contribution in [1.82, 2.24) is 4.98 Å². The Kier molecular flexibility index (Phi) is 12.0. The van der Waals surface area contributed by atoms with Gasteiger partial charge < -0.3 is 23.7 Å². The fourth-order valence-electron chi connectivity index (χ4n) is 6.06. The zero-order chi connectivity index (χ0) is 35.7. The first-order valence-electron chi connectivity index (χ1n) is 16.1. The summed E-state index contributed by atoms with van der Waals surface area (Å²) in [5, 5.41) is 5.04. The number of pyridine rings is 1. The molecular weight excluding hydrogens is 669 g/mol. The molecule has 0 N–H and O–H groups in total. The first-order valence-corrected chi connectivity index (χ1v) is 19.0. The van der Waals surface area contributed by atoms with Crippen molar-refractivity contribution in [2.75, 3.05) is 41.7 Å². The quantitative estimate of drug-likeness (QED) is 0.0808. The predicted molar refractivity (Wildman–Crippen MR) is 207 cm³/mol. The molecule has 1 aromatic heterocycles. The Labute approximate surface area is 299 Å². The number of methoxy groups -OCH3 is 4. The summed E-state index contributed by atoms with van der Waals surface area (Å²) in [6.45, 7) is 4.36. The molecule has 0 aliphatic rings. The second-order valence-corrected chi connectivity index (χ2v) is 15.7. The van der Waals surface area contributed by atoms with Gasteiger partial charge in [-0.2, -0.15) is 0 Å². The maximum atomic E-state index is 12.8. The summed E-state index contributed by atoms with van der Waals surface area (Å²) in [7, 11) is 4.29. The monoisotopic (exact) mass is 709 g/mol.